The molecule has 7 nitrogen and oxygen atoms in total. The van der Waals surface area contributed by atoms with Crippen molar-refractivity contribution in [1.82, 2.24) is 4.90 Å². The Labute approximate surface area is 329 Å². The second-order valence-electron chi connectivity index (χ2n) is 17.3. The summed E-state index contributed by atoms with van der Waals surface area (Å²) < 4.78 is 17.0. The average molecular weight is 752 g/mol. The number of esters is 3. The summed E-state index contributed by atoms with van der Waals surface area (Å²) in [5, 5.41) is 0. The molecule has 0 aliphatic carbocycles. The Kier molecular flexibility index (Phi) is 34.9. The molecule has 53 heavy (non-hydrogen) atoms. The second kappa shape index (κ2) is 36.0. The average Bonchev–Trinajstić information content (AvgIpc) is 3.08. The lowest BCUT2D eigenvalue weighted by Crippen LogP contribution is -2.31. The van der Waals surface area contributed by atoms with Crippen molar-refractivity contribution >= 4 is 17.9 Å². The van der Waals surface area contributed by atoms with E-state index in [2.05, 4.69) is 53.6 Å². The van der Waals surface area contributed by atoms with Crippen LogP contribution >= 0.6 is 0 Å². The summed E-state index contributed by atoms with van der Waals surface area (Å²) in [5.41, 5.74) is 0.160. The molecule has 1 atom stereocenters. The zero-order chi connectivity index (χ0) is 39.4. The highest BCUT2D eigenvalue weighted by Crippen LogP contribution is 2.28. The van der Waals surface area contributed by atoms with E-state index in [0.29, 0.717) is 38.4 Å². The molecule has 314 valence electrons. The van der Waals surface area contributed by atoms with Crippen LogP contribution in [0.4, 0.5) is 0 Å². The Morgan fingerprint density at radius 2 is 0.906 bits per heavy atom. The van der Waals surface area contributed by atoms with E-state index >= 15 is 0 Å². The van der Waals surface area contributed by atoms with Gasteiger partial charge >= 0.3 is 17.9 Å². The van der Waals surface area contributed by atoms with Gasteiger partial charge in [0.05, 0.1) is 13.2 Å². The third-order valence-electron chi connectivity index (χ3n) is 10.3. The van der Waals surface area contributed by atoms with Gasteiger partial charge in [-0.3, -0.25) is 14.4 Å². The first-order valence-corrected chi connectivity index (χ1v) is 22.6. The van der Waals surface area contributed by atoms with Crippen LogP contribution in [-0.2, 0) is 28.6 Å². The minimum Gasteiger partial charge on any atom is -0.466 e. The van der Waals surface area contributed by atoms with Crippen LogP contribution in [0.25, 0.3) is 0 Å². The molecule has 0 spiro atoms. The Bertz CT molecular complexity index is 813. The van der Waals surface area contributed by atoms with E-state index in [1.165, 1.54) is 64.2 Å². The van der Waals surface area contributed by atoms with Crippen molar-refractivity contribution < 1.29 is 28.6 Å². The lowest BCUT2D eigenvalue weighted by atomic mass is 9.82. The molecule has 7 heteroatoms. The van der Waals surface area contributed by atoms with Crippen molar-refractivity contribution in [2.24, 2.45) is 11.3 Å². The highest BCUT2D eigenvalue weighted by atomic mass is 16.5. The molecule has 0 aliphatic heterocycles. The number of rotatable bonds is 39. The smallest absolute Gasteiger partial charge is 0.306 e. The fraction of sp³-hybridized carbons (Fsp3) is 0.935. The number of hydrogen-bond donors (Lipinski definition) is 0. The summed E-state index contributed by atoms with van der Waals surface area (Å²) in [5.74, 6) is 0.178. The van der Waals surface area contributed by atoms with Crippen LogP contribution in [0.1, 0.15) is 227 Å². The van der Waals surface area contributed by atoms with Crippen LogP contribution in [0.15, 0.2) is 0 Å². The van der Waals surface area contributed by atoms with Gasteiger partial charge in [-0.2, -0.15) is 0 Å². The summed E-state index contributed by atoms with van der Waals surface area (Å²) in [6.07, 6.45) is 31.8. The molecule has 0 fully saturated rings. The fourth-order valence-electron chi connectivity index (χ4n) is 7.69. The third-order valence-corrected chi connectivity index (χ3v) is 10.3. The standard InChI is InChI=1S/C46H89NO6/c1-8-10-12-14-22-28-34-43(48)51-36-30-24-18-16-20-26-32-42(53-45(50)38-41(3)39-46(4,5)40-47(6)7)33-27-21-17-19-25-31-37-52-44(49)35-29-23-15-13-11-9-2/h41-42H,8-40H2,1-7H3. The van der Waals surface area contributed by atoms with Gasteiger partial charge in [0.1, 0.15) is 6.10 Å². The number of unbranched alkanes of at least 4 members (excludes halogenated alkanes) is 20. The minimum atomic E-state index is -0.0415. The van der Waals surface area contributed by atoms with E-state index < -0.39 is 0 Å². The lowest BCUT2D eigenvalue weighted by Gasteiger charge is -2.31. The van der Waals surface area contributed by atoms with E-state index in [4.69, 9.17) is 14.2 Å². The molecule has 1 unspecified atom stereocenters. The predicted octanol–water partition coefficient (Wildman–Crippen LogP) is 13.0. The van der Waals surface area contributed by atoms with Crippen LogP contribution in [0.5, 0.6) is 0 Å². The largest absolute Gasteiger partial charge is 0.466 e. The van der Waals surface area contributed by atoms with Crippen molar-refractivity contribution in [3.8, 4) is 0 Å². The van der Waals surface area contributed by atoms with Crippen molar-refractivity contribution in [3.05, 3.63) is 0 Å². The molecule has 0 heterocycles. The summed E-state index contributed by atoms with van der Waals surface area (Å²) in [6, 6.07) is 0. The van der Waals surface area contributed by atoms with E-state index in [0.717, 1.165) is 116 Å². The Hall–Kier alpha value is -1.63. The van der Waals surface area contributed by atoms with Crippen LogP contribution in [0.2, 0.25) is 0 Å². The van der Waals surface area contributed by atoms with Crippen molar-refractivity contribution in [2.75, 3.05) is 33.9 Å². The van der Waals surface area contributed by atoms with Crippen LogP contribution in [0, 0.1) is 11.3 Å². The molecular weight excluding hydrogens is 663 g/mol. The molecule has 0 radical (unpaired) electrons. The van der Waals surface area contributed by atoms with E-state index in [9.17, 15) is 14.4 Å². The fourth-order valence-corrected chi connectivity index (χ4v) is 7.69. The third kappa shape index (κ3) is 37.1. The van der Waals surface area contributed by atoms with Crippen molar-refractivity contribution in [1.29, 1.82) is 0 Å². The quantitative estimate of drug-likeness (QED) is 0.0351. The van der Waals surface area contributed by atoms with E-state index in [-0.39, 0.29) is 29.4 Å². The van der Waals surface area contributed by atoms with E-state index in [1.54, 1.807) is 0 Å². The minimum absolute atomic E-state index is 0.00148. The Morgan fingerprint density at radius 3 is 1.32 bits per heavy atom. The highest BCUT2D eigenvalue weighted by molar-refractivity contribution is 5.70. The van der Waals surface area contributed by atoms with Gasteiger partial charge in [-0.1, -0.05) is 150 Å². The summed E-state index contributed by atoms with van der Waals surface area (Å²) >= 11 is 0. The lowest BCUT2D eigenvalue weighted by molar-refractivity contribution is -0.151. The topological polar surface area (TPSA) is 82.1 Å². The first-order chi connectivity index (χ1) is 25.5. The van der Waals surface area contributed by atoms with Gasteiger partial charge in [0.25, 0.3) is 0 Å². The molecule has 0 saturated heterocycles. The van der Waals surface area contributed by atoms with Gasteiger partial charge in [-0.05, 0) is 83.2 Å². The van der Waals surface area contributed by atoms with Crippen LogP contribution in [0.3, 0.4) is 0 Å². The van der Waals surface area contributed by atoms with Crippen LogP contribution in [-0.4, -0.2) is 62.8 Å². The summed E-state index contributed by atoms with van der Waals surface area (Å²) in [7, 11) is 4.21. The van der Waals surface area contributed by atoms with Gasteiger partial charge in [0, 0.05) is 25.8 Å². The number of hydrogen-bond acceptors (Lipinski definition) is 7. The second-order valence-corrected chi connectivity index (χ2v) is 17.3. The Morgan fingerprint density at radius 1 is 0.528 bits per heavy atom. The number of carbonyl (C=O) groups excluding carboxylic acids is 3. The maximum atomic E-state index is 13.1. The molecule has 0 amide bonds. The highest BCUT2D eigenvalue weighted by Gasteiger charge is 2.24. The van der Waals surface area contributed by atoms with Crippen LogP contribution < -0.4 is 0 Å². The monoisotopic (exact) mass is 752 g/mol. The van der Waals surface area contributed by atoms with Gasteiger partial charge in [0.2, 0.25) is 0 Å². The van der Waals surface area contributed by atoms with Gasteiger partial charge in [0.15, 0.2) is 0 Å². The number of nitrogens with zero attached hydrogens (tertiary/aromatic N) is 1. The van der Waals surface area contributed by atoms with Gasteiger partial charge in [-0.15, -0.1) is 0 Å². The molecule has 0 aromatic carbocycles. The van der Waals surface area contributed by atoms with Gasteiger partial charge < -0.3 is 19.1 Å². The maximum absolute atomic E-state index is 13.1. The molecule has 0 saturated carbocycles. The zero-order valence-electron chi connectivity index (χ0n) is 36.4. The first kappa shape index (κ1) is 51.4. The molecule has 0 aromatic heterocycles. The molecule has 0 aromatic rings. The predicted molar refractivity (Wildman–Crippen MR) is 223 cm³/mol. The molecule has 0 bridgehead atoms. The molecular formula is C46H89NO6. The zero-order valence-corrected chi connectivity index (χ0v) is 36.4. The number of carbonyl (C=O) groups is 3. The molecule has 0 rings (SSSR count). The maximum Gasteiger partial charge on any atom is 0.306 e. The van der Waals surface area contributed by atoms with E-state index in [1.807, 2.05) is 0 Å². The van der Waals surface area contributed by atoms with Gasteiger partial charge in [-0.25, -0.2) is 0 Å². The van der Waals surface area contributed by atoms with Crippen molar-refractivity contribution in [2.45, 2.75) is 233 Å². The molecule has 0 aliphatic rings. The number of ether oxygens (including phenoxy) is 3. The normalized spacial score (nSPS) is 12.4. The Balaban J connectivity index is 4.35. The molecule has 0 N–H and O–H groups in total. The van der Waals surface area contributed by atoms with Crippen molar-refractivity contribution in [3.63, 3.8) is 0 Å². The summed E-state index contributed by atoms with van der Waals surface area (Å²) in [4.78, 5) is 39.2. The SMILES string of the molecule is CCCCCCCCC(=O)OCCCCCCCCC(CCCCCCCCOC(=O)CCCCCCCC)OC(=O)CC(C)CC(C)(C)CN(C)C. The first-order valence-electron chi connectivity index (χ1n) is 22.6. The summed E-state index contributed by atoms with van der Waals surface area (Å²) in [6.45, 7) is 13.3.